The summed E-state index contributed by atoms with van der Waals surface area (Å²) in [4.78, 5) is 2.18. The largest absolute Gasteiger partial charge is 0.401 e. The van der Waals surface area contributed by atoms with Crippen LogP contribution in [0.1, 0.15) is 12.8 Å². The van der Waals surface area contributed by atoms with Gasteiger partial charge in [0.15, 0.2) is 0 Å². The summed E-state index contributed by atoms with van der Waals surface area (Å²) in [6.45, 7) is 9.43. The lowest BCUT2D eigenvalue weighted by Crippen LogP contribution is -2.22. The van der Waals surface area contributed by atoms with Gasteiger partial charge in [0, 0.05) is 17.9 Å². The van der Waals surface area contributed by atoms with Crippen LogP contribution in [0, 0.1) is 0 Å². The maximum Gasteiger partial charge on any atom is 0.0565 e. The van der Waals surface area contributed by atoms with Gasteiger partial charge in [-0.25, -0.2) is 0 Å². The number of nitrogens with zero attached hydrogens (tertiary/aromatic N) is 1. The first-order chi connectivity index (χ1) is 4.70. The van der Waals surface area contributed by atoms with Crippen molar-refractivity contribution < 1.29 is 0 Å². The third-order valence-electron chi connectivity index (χ3n) is 1.73. The lowest BCUT2D eigenvalue weighted by atomic mass is 10.3. The zero-order chi connectivity index (χ0) is 7.56. The summed E-state index contributed by atoms with van der Waals surface area (Å²) in [5, 5.41) is 0. The molecule has 0 aliphatic carbocycles. The van der Waals surface area contributed by atoms with Crippen molar-refractivity contribution in [3.63, 3.8) is 0 Å². The van der Waals surface area contributed by atoms with Crippen molar-refractivity contribution in [3.8, 4) is 0 Å². The van der Waals surface area contributed by atoms with E-state index in [0.717, 1.165) is 25.2 Å². The van der Waals surface area contributed by atoms with E-state index in [1.54, 1.807) is 0 Å². The molecule has 0 atom stereocenters. The molecule has 1 rings (SSSR count). The van der Waals surface area contributed by atoms with Gasteiger partial charge < -0.3 is 10.6 Å². The molecule has 0 unspecified atom stereocenters. The highest BCUT2D eigenvalue weighted by atomic mass is 15.2. The summed E-state index contributed by atoms with van der Waals surface area (Å²) < 4.78 is 0. The van der Waals surface area contributed by atoms with Crippen LogP contribution in [0.2, 0.25) is 0 Å². The predicted octanol–water partition coefficient (Wildman–Crippen LogP) is 1.07. The summed E-state index contributed by atoms with van der Waals surface area (Å²) in [5.74, 6) is 0. The van der Waals surface area contributed by atoms with Crippen LogP contribution in [0.25, 0.3) is 0 Å². The van der Waals surface area contributed by atoms with Gasteiger partial charge >= 0.3 is 0 Å². The monoisotopic (exact) mass is 138 g/mol. The lowest BCUT2D eigenvalue weighted by molar-refractivity contribution is 0.426. The van der Waals surface area contributed by atoms with E-state index < -0.39 is 0 Å². The van der Waals surface area contributed by atoms with E-state index >= 15 is 0 Å². The number of hydrogen-bond donors (Lipinski definition) is 1. The Labute approximate surface area is 62.0 Å². The molecule has 2 nitrogen and oxygen atoms in total. The van der Waals surface area contributed by atoms with Gasteiger partial charge in [-0.1, -0.05) is 13.2 Å². The molecule has 0 spiro atoms. The number of rotatable bonds is 2. The summed E-state index contributed by atoms with van der Waals surface area (Å²) in [7, 11) is 0. The number of hydrogen-bond acceptors (Lipinski definition) is 2. The molecule has 0 saturated carbocycles. The summed E-state index contributed by atoms with van der Waals surface area (Å²) in [6.07, 6.45) is 2.33. The van der Waals surface area contributed by atoms with Crippen molar-refractivity contribution in [1.29, 1.82) is 0 Å². The highest BCUT2D eigenvalue weighted by Gasteiger charge is 2.13. The Balaban J connectivity index is 2.40. The molecule has 2 heteroatoms. The molecule has 56 valence electrons. The van der Waals surface area contributed by atoms with Gasteiger partial charge in [-0.3, -0.25) is 0 Å². The van der Waals surface area contributed by atoms with Gasteiger partial charge in [0.05, 0.1) is 6.54 Å². The summed E-state index contributed by atoms with van der Waals surface area (Å²) >= 11 is 0. The van der Waals surface area contributed by atoms with E-state index in [1.807, 2.05) is 0 Å². The van der Waals surface area contributed by atoms with E-state index in [-0.39, 0.29) is 0 Å². The zero-order valence-electron chi connectivity index (χ0n) is 6.27. The van der Waals surface area contributed by atoms with E-state index in [4.69, 9.17) is 5.73 Å². The Bertz CT molecular complexity index is 161. The first-order valence-corrected chi connectivity index (χ1v) is 3.56. The minimum atomic E-state index is 0.725. The number of likely N-dealkylation sites (tertiary alicyclic amines) is 1. The Kier molecular flexibility index (Phi) is 2.00. The third kappa shape index (κ3) is 1.53. The van der Waals surface area contributed by atoms with Gasteiger partial charge in [-0.05, 0) is 12.8 Å². The molecular formula is C8H14N2. The quantitative estimate of drug-likeness (QED) is 0.618. The maximum atomic E-state index is 5.46. The van der Waals surface area contributed by atoms with E-state index in [0.29, 0.717) is 0 Å². The second-order valence-corrected chi connectivity index (χ2v) is 2.75. The number of allylic oxidation sites excluding steroid dienone is 1. The first-order valence-electron chi connectivity index (χ1n) is 3.56. The van der Waals surface area contributed by atoms with Crippen LogP contribution in [0.5, 0.6) is 0 Å². The zero-order valence-corrected chi connectivity index (χ0v) is 6.27. The molecule has 0 bridgehead atoms. The van der Waals surface area contributed by atoms with Crippen molar-refractivity contribution >= 4 is 0 Å². The molecular weight excluding hydrogens is 124 g/mol. The summed E-state index contributed by atoms with van der Waals surface area (Å²) in [5.41, 5.74) is 7.38. The Morgan fingerprint density at radius 3 is 2.80 bits per heavy atom. The SMILES string of the molecule is C=C(N)CN1CCCC1=C. The molecule has 1 heterocycles. The standard InChI is InChI=1S/C8H14N2/c1-7(9)6-10-5-3-4-8(10)2/h1-6,9H2. The molecule has 1 fully saturated rings. The van der Waals surface area contributed by atoms with Crippen LogP contribution in [0.15, 0.2) is 24.6 Å². The Hall–Kier alpha value is -0.920. The predicted molar refractivity (Wildman–Crippen MR) is 43.3 cm³/mol. The van der Waals surface area contributed by atoms with Crippen molar-refractivity contribution in [2.45, 2.75) is 12.8 Å². The fourth-order valence-corrected chi connectivity index (χ4v) is 1.23. The summed E-state index contributed by atoms with van der Waals surface area (Å²) in [6, 6.07) is 0. The van der Waals surface area contributed by atoms with Crippen LogP contribution < -0.4 is 5.73 Å². The topological polar surface area (TPSA) is 29.3 Å². The second-order valence-electron chi connectivity index (χ2n) is 2.75. The maximum absolute atomic E-state index is 5.46. The molecule has 0 aromatic carbocycles. The third-order valence-corrected chi connectivity index (χ3v) is 1.73. The van der Waals surface area contributed by atoms with Crippen LogP contribution in [0.3, 0.4) is 0 Å². The smallest absolute Gasteiger partial charge is 0.0565 e. The first kappa shape index (κ1) is 7.19. The fourth-order valence-electron chi connectivity index (χ4n) is 1.23. The Morgan fingerprint density at radius 2 is 2.40 bits per heavy atom. The van der Waals surface area contributed by atoms with Gasteiger partial charge in [0.2, 0.25) is 0 Å². The normalized spacial score (nSPS) is 18.0. The molecule has 1 aliphatic heterocycles. The number of nitrogens with two attached hydrogens (primary N) is 1. The van der Waals surface area contributed by atoms with Crippen molar-refractivity contribution in [1.82, 2.24) is 4.90 Å². The van der Waals surface area contributed by atoms with Crippen LogP contribution in [-0.2, 0) is 0 Å². The fraction of sp³-hybridized carbons (Fsp3) is 0.500. The molecule has 1 saturated heterocycles. The van der Waals surface area contributed by atoms with E-state index in [9.17, 15) is 0 Å². The average Bonchev–Trinajstić information content (AvgIpc) is 2.15. The van der Waals surface area contributed by atoms with Gasteiger partial charge in [0.1, 0.15) is 0 Å². The highest BCUT2D eigenvalue weighted by Crippen LogP contribution is 2.18. The Morgan fingerprint density at radius 1 is 1.70 bits per heavy atom. The van der Waals surface area contributed by atoms with Crippen molar-refractivity contribution in [2.24, 2.45) is 5.73 Å². The second kappa shape index (κ2) is 2.78. The molecule has 1 aliphatic rings. The van der Waals surface area contributed by atoms with Crippen LogP contribution in [-0.4, -0.2) is 18.0 Å². The van der Waals surface area contributed by atoms with Gasteiger partial charge in [0.25, 0.3) is 0 Å². The minimum Gasteiger partial charge on any atom is -0.401 e. The molecule has 0 radical (unpaired) electrons. The average molecular weight is 138 g/mol. The molecule has 10 heavy (non-hydrogen) atoms. The van der Waals surface area contributed by atoms with Crippen LogP contribution in [0.4, 0.5) is 0 Å². The lowest BCUT2D eigenvalue weighted by Gasteiger charge is -2.18. The van der Waals surface area contributed by atoms with E-state index in [2.05, 4.69) is 18.1 Å². The molecule has 0 aromatic heterocycles. The minimum absolute atomic E-state index is 0.725. The highest BCUT2D eigenvalue weighted by molar-refractivity contribution is 5.04. The van der Waals surface area contributed by atoms with Crippen molar-refractivity contribution in [3.05, 3.63) is 24.6 Å². The van der Waals surface area contributed by atoms with Gasteiger partial charge in [-0.15, -0.1) is 0 Å². The van der Waals surface area contributed by atoms with Gasteiger partial charge in [-0.2, -0.15) is 0 Å². The van der Waals surface area contributed by atoms with Crippen LogP contribution >= 0.6 is 0 Å². The van der Waals surface area contributed by atoms with Crippen molar-refractivity contribution in [2.75, 3.05) is 13.1 Å². The molecule has 0 amide bonds. The molecule has 2 N–H and O–H groups in total. The molecule has 0 aromatic rings. The van der Waals surface area contributed by atoms with E-state index in [1.165, 1.54) is 12.1 Å².